The maximum Gasteiger partial charge on any atom is 0.136 e. The fourth-order valence-corrected chi connectivity index (χ4v) is 2.18. The van der Waals surface area contributed by atoms with E-state index in [0.29, 0.717) is 24.5 Å². The Labute approximate surface area is 93.1 Å². The number of aliphatic hydroxyl groups excluding tert-OH is 1. The first kappa shape index (κ1) is 12.7. The van der Waals surface area contributed by atoms with Crippen LogP contribution in [0.1, 0.15) is 53.4 Å². The van der Waals surface area contributed by atoms with Crippen molar-refractivity contribution < 1.29 is 9.90 Å². The number of Topliss-reactive ketones (excluding diaryl/α,β-unsaturated/α-hetero) is 1. The summed E-state index contributed by atoms with van der Waals surface area (Å²) in [6.07, 6.45) is 2.99. The summed E-state index contributed by atoms with van der Waals surface area (Å²) in [6, 6.07) is 0. The summed E-state index contributed by atoms with van der Waals surface area (Å²) in [6.45, 7) is 8.26. The van der Waals surface area contributed by atoms with E-state index in [1.807, 2.05) is 20.8 Å². The van der Waals surface area contributed by atoms with Crippen LogP contribution < -0.4 is 0 Å². The van der Waals surface area contributed by atoms with Crippen molar-refractivity contribution in [1.82, 2.24) is 0 Å². The first-order valence-corrected chi connectivity index (χ1v) is 6.01. The van der Waals surface area contributed by atoms with Crippen molar-refractivity contribution in [3.8, 4) is 0 Å². The average Bonchev–Trinajstić information content (AvgIpc) is 2.09. The zero-order chi connectivity index (χ0) is 11.6. The van der Waals surface area contributed by atoms with Crippen molar-refractivity contribution in [2.75, 3.05) is 0 Å². The van der Waals surface area contributed by atoms with E-state index >= 15 is 0 Å². The van der Waals surface area contributed by atoms with Gasteiger partial charge in [-0.2, -0.15) is 0 Å². The second kappa shape index (κ2) is 4.65. The minimum Gasteiger partial charge on any atom is -0.393 e. The summed E-state index contributed by atoms with van der Waals surface area (Å²) < 4.78 is 0. The Bertz CT molecular complexity index is 227. The lowest BCUT2D eigenvalue weighted by atomic mass is 9.75. The summed E-state index contributed by atoms with van der Waals surface area (Å²) >= 11 is 0. The van der Waals surface area contributed by atoms with Gasteiger partial charge in [0.15, 0.2) is 0 Å². The van der Waals surface area contributed by atoms with Gasteiger partial charge in [-0.3, -0.25) is 4.79 Å². The standard InChI is InChI=1S/C13H24O2/c1-9-5-6-11(14)10(7-9)8-12(15)13(2,3)4/h9-10,12,15H,5-8H2,1-4H3. The molecular weight excluding hydrogens is 188 g/mol. The molecular formula is C13H24O2. The first-order chi connectivity index (χ1) is 6.80. The molecule has 1 aliphatic carbocycles. The van der Waals surface area contributed by atoms with Crippen molar-refractivity contribution in [2.45, 2.75) is 59.5 Å². The van der Waals surface area contributed by atoms with Gasteiger partial charge in [-0.05, 0) is 30.6 Å². The van der Waals surface area contributed by atoms with Gasteiger partial charge in [-0.15, -0.1) is 0 Å². The molecule has 2 heteroatoms. The van der Waals surface area contributed by atoms with Gasteiger partial charge in [0.25, 0.3) is 0 Å². The number of hydrogen-bond donors (Lipinski definition) is 1. The molecule has 0 aromatic heterocycles. The lowest BCUT2D eigenvalue weighted by molar-refractivity contribution is -0.127. The second-order valence-corrected chi connectivity index (χ2v) is 6.16. The van der Waals surface area contributed by atoms with Crippen LogP contribution in [0.5, 0.6) is 0 Å². The van der Waals surface area contributed by atoms with Crippen LogP contribution >= 0.6 is 0 Å². The molecule has 0 aromatic rings. The summed E-state index contributed by atoms with van der Waals surface area (Å²) in [5.41, 5.74) is -0.110. The Hall–Kier alpha value is -0.370. The Morgan fingerprint density at radius 1 is 1.47 bits per heavy atom. The van der Waals surface area contributed by atoms with Gasteiger partial charge < -0.3 is 5.11 Å². The molecule has 0 aliphatic heterocycles. The van der Waals surface area contributed by atoms with Crippen LogP contribution in [0.25, 0.3) is 0 Å². The molecule has 0 aromatic carbocycles. The van der Waals surface area contributed by atoms with Crippen LogP contribution in [0.15, 0.2) is 0 Å². The summed E-state index contributed by atoms with van der Waals surface area (Å²) in [7, 11) is 0. The molecule has 0 saturated heterocycles. The second-order valence-electron chi connectivity index (χ2n) is 6.16. The van der Waals surface area contributed by atoms with Gasteiger partial charge in [0.1, 0.15) is 5.78 Å². The predicted molar refractivity (Wildman–Crippen MR) is 61.6 cm³/mol. The van der Waals surface area contributed by atoms with Crippen molar-refractivity contribution in [3.63, 3.8) is 0 Å². The molecule has 1 saturated carbocycles. The smallest absolute Gasteiger partial charge is 0.136 e. The van der Waals surface area contributed by atoms with Crippen LogP contribution in [-0.4, -0.2) is 17.0 Å². The normalized spacial score (nSPS) is 30.3. The molecule has 0 amide bonds. The van der Waals surface area contributed by atoms with E-state index in [9.17, 15) is 9.90 Å². The molecule has 0 heterocycles. The van der Waals surface area contributed by atoms with Crippen LogP contribution in [0.3, 0.4) is 0 Å². The number of carbonyl (C=O) groups excluding carboxylic acids is 1. The molecule has 1 N–H and O–H groups in total. The third kappa shape index (κ3) is 3.60. The third-order valence-corrected chi connectivity index (χ3v) is 3.53. The minimum atomic E-state index is -0.364. The van der Waals surface area contributed by atoms with Crippen molar-refractivity contribution >= 4 is 5.78 Å². The third-order valence-electron chi connectivity index (χ3n) is 3.53. The SMILES string of the molecule is CC1CCC(=O)C(CC(O)C(C)(C)C)C1. The van der Waals surface area contributed by atoms with Gasteiger partial charge in [0.2, 0.25) is 0 Å². The van der Waals surface area contributed by atoms with E-state index in [1.54, 1.807) is 0 Å². The van der Waals surface area contributed by atoms with Crippen molar-refractivity contribution in [3.05, 3.63) is 0 Å². The van der Waals surface area contributed by atoms with Gasteiger partial charge in [0.05, 0.1) is 6.10 Å². The van der Waals surface area contributed by atoms with E-state index in [2.05, 4.69) is 6.92 Å². The lowest BCUT2D eigenvalue weighted by Crippen LogP contribution is -2.33. The van der Waals surface area contributed by atoms with E-state index in [4.69, 9.17) is 0 Å². The predicted octanol–water partition coefficient (Wildman–Crippen LogP) is 2.79. The van der Waals surface area contributed by atoms with E-state index in [0.717, 1.165) is 12.8 Å². The molecule has 88 valence electrons. The van der Waals surface area contributed by atoms with E-state index in [-0.39, 0.29) is 17.4 Å². The van der Waals surface area contributed by atoms with Gasteiger partial charge in [-0.1, -0.05) is 27.7 Å². The van der Waals surface area contributed by atoms with Crippen molar-refractivity contribution in [1.29, 1.82) is 0 Å². The summed E-state index contributed by atoms with van der Waals surface area (Å²) in [4.78, 5) is 11.7. The zero-order valence-corrected chi connectivity index (χ0v) is 10.4. The zero-order valence-electron chi connectivity index (χ0n) is 10.4. The van der Waals surface area contributed by atoms with E-state index < -0.39 is 0 Å². The molecule has 0 radical (unpaired) electrons. The quantitative estimate of drug-likeness (QED) is 0.764. The molecule has 0 bridgehead atoms. The van der Waals surface area contributed by atoms with Crippen LogP contribution in [0.2, 0.25) is 0 Å². The minimum absolute atomic E-state index is 0.1000. The average molecular weight is 212 g/mol. The Kier molecular flexibility index (Phi) is 3.93. The molecule has 0 spiro atoms. The molecule has 1 rings (SSSR count). The fourth-order valence-electron chi connectivity index (χ4n) is 2.18. The number of hydrogen-bond acceptors (Lipinski definition) is 2. The molecule has 2 nitrogen and oxygen atoms in total. The van der Waals surface area contributed by atoms with Gasteiger partial charge in [0, 0.05) is 12.3 Å². The number of aliphatic hydroxyl groups is 1. The van der Waals surface area contributed by atoms with Crippen molar-refractivity contribution in [2.24, 2.45) is 17.3 Å². The highest BCUT2D eigenvalue weighted by Gasteiger charge is 2.32. The Morgan fingerprint density at radius 2 is 2.07 bits per heavy atom. The van der Waals surface area contributed by atoms with Crippen LogP contribution in [0, 0.1) is 17.3 Å². The topological polar surface area (TPSA) is 37.3 Å². The summed E-state index contributed by atoms with van der Waals surface area (Å²) in [5.74, 6) is 1.10. The number of rotatable bonds is 2. The fraction of sp³-hybridized carbons (Fsp3) is 0.923. The Morgan fingerprint density at radius 3 is 2.60 bits per heavy atom. The van der Waals surface area contributed by atoms with Gasteiger partial charge >= 0.3 is 0 Å². The number of ketones is 1. The molecule has 3 atom stereocenters. The van der Waals surface area contributed by atoms with Crippen LogP contribution in [-0.2, 0) is 4.79 Å². The van der Waals surface area contributed by atoms with Crippen LogP contribution in [0.4, 0.5) is 0 Å². The highest BCUT2D eigenvalue weighted by atomic mass is 16.3. The maximum atomic E-state index is 11.7. The largest absolute Gasteiger partial charge is 0.393 e. The monoisotopic (exact) mass is 212 g/mol. The summed E-state index contributed by atoms with van der Waals surface area (Å²) in [5, 5.41) is 9.99. The first-order valence-electron chi connectivity index (χ1n) is 6.01. The lowest BCUT2D eigenvalue weighted by Gasteiger charge is -2.32. The van der Waals surface area contributed by atoms with E-state index in [1.165, 1.54) is 0 Å². The maximum absolute atomic E-state index is 11.7. The highest BCUT2D eigenvalue weighted by molar-refractivity contribution is 5.81. The highest BCUT2D eigenvalue weighted by Crippen LogP contribution is 2.32. The Balaban J connectivity index is 2.53. The molecule has 1 fully saturated rings. The number of carbonyl (C=O) groups is 1. The molecule has 1 aliphatic rings. The molecule has 15 heavy (non-hydrogen) atoms. The van der Waals surface area contributed by atoms with Gasteiger partial charge in [-0.25, -0.2) is 0 Å². The molecule has 3 unspecified atom stereocenters.